The van der Waals surface area contributed by atoms with E-state index in [-0.39, 0.29) is 28.8 Å². The average molecular weight is 569 g/mol. The molecule has 1 spiro atoms. The highest BCUT2D eigenvalue weighted by atomic mass is 35.5. The summed E-state index contributed by atoms with van der Waals surface area (Å²) in [7, 11) is 0. The van der Waals surface area contributed by atoms with E-state index in [4.69, 9.17) is 38.6 Å². The molecule has 0 N–H and O–H groups in total. The summed E-state index contributed by atoms with van der Waals surface area (Å²) in [5.41, 5.74) is -0.109. The summed E-state index contributed by atoms with van der Waals surface area (Å²) in [6.45, 7) is 6.66. The molecule has 39 heavy (non-hydrogen) atoms. The van der Waals surface area contributed by atoms with E-state index >= 15 is 0 Å². The summed E-state index contributed by atoms with van der Waals surface area (Å²) in [4.78, 5) is 39.5. The maximum absolute atomic E-state index is 13.6. The quantitative estimate of drug-likeness (QED) is 0.478. The van der Waals surface area contributed by atoms with Crippen LogP contribution >= 0.6 is 23.8 Å². The zero-order valence-electron chi connectivity index (χ0n) is 22.0. The summed E-state index contributed by atoms with van der Waals surface area (Å²) in [6.07, 6.45) is 6.30. The molecule has 4 heterocycles. The molecule has 2 amide bonds. The third kappa shape index (κ3) is 5.11. The number of carbonyl (C=O) groups excluding carboxylic acids is 2. The lowest BCUT2D eigenvalue weighted by Gasteiger charge is -2.42. The van der Waals surface area contributed by atoms with Gasteiger partial charge in [0, 0.05) is 32.0 Å². The van der Waals surface area contributed by atoms with Crippen LogP contribution in [0.2, 0.25) is 5.02 Å². The molecule has 2 aromatic heterocycles. The van der Waals surface area contributed by atoms with Gasteiger partial charge in [0.25, 0.3) is 5.91 Å². The largest absolute Gasteiger partial charge is 0.474 e. The molecule has 3 aliphatic rings. The molecule has 0 unspecified atom stereocenters. The number of ether oxygens (including phenoxy) is 2. The second-order valence-electron chi connectivity index (χ2n) is 10.9. The van der Waals surface area contributed by atoms with E-state index in [0.29, 0.717) is 61.1 Å². The lowest BCUT2D eigenvalue weighted by molar-refractivity contribution is -0.123. The second-order valence-corrected chi connectivity index (χ2v) is 11.7. The molecule has 3 fully saturated rings. The molecule has 0 radical (unpaired) electrons. The molecule has 0 atom stereocenters. The first-order valence-electron chi connectivity index (χ1n) is 12.9. The van der Waals surface area contributed by atoms with Crippen LogP contribution in [0.5, 0.6) is 5.88 Å². The highest BCUT2D eigenvalue weighted by Crippen LogP contribution is 2.48. The number of nitrogens with zero attached hydrogens (tertiary/aromatic N) is 6. The summed E-state index contributed by atoms with van der Waals surface area (Å²) in [5, 5.41) is 9.62. The molecule has 10 nitrogen and oxygen atoms in total. The third-order valence-electron chi connectivity index (χ3n) is 7.14. The maximum atomic E-state index is 13.6. The van der Waals surface area contributed by atoms with E-state index in [0.717, 1.165) is 6.42 Å². The van der Waals surface area contributed by atoms with Crippen LogP contribution in [-0.4, -0.2) is 62.3 Å². The summed E-state index contributed by atoms with van der Waals surface area (Å²) in [6, 6.07) is 7.09. The summed E-state index contributed by atoms with van der Waals surface area (Å²) < 4.78 is 11.6. The minimum atomic E-state index is -0.782. The first kappa shape index (κ1) is 27.1. The van der Waals surface area contributed by atoms with Gasteiger partial charge in [-0.2, -0.15) is 5.26 Å². The van der Waals surface area contributed by atoms with Gasteiger partial charge in [0.05, 0.1) is 28.8 Å². The fraction of sp³-hybridized carbons (Fsp3) is 0.481. The molecule has 2 aliphatic heterocycles. The van der Waals surface area contributed by atoms with Gasteiger partial charge in [-0.1, -0.05) is 11.6 Å². The Morgan fingerprint density at radius 2 is 1.87 bits per heavy atom. The minimum Gasteiger partial charge on any atom is -0.474 e. The summed E-state index contributed by atoms with van der Waals surface area (Å²) in [5.74, 6) is 0.326. The van der Waals surface area contributed by atoms with E-state index in [1.54, 1.807) is 17.2 Å². The maximum Gasteiger partial charge on any atom is 0.410 e. The zero-order chi connectivity index (χ0) is 27.9. The smallest absolute Gasteiger partial charge is 0.410 e. The number of hydrogen-bond donors (Lipinski definition) is 0. The number of pyridine rings is 2. The number of piperidine rings is 1. The van der Waals surface area contributed by atoms with Crippen molar-refractivity contribution in [1.82, 2.24) is 14.9 Å². The van der Waals surface area contributed by atoms with Crippen LogP contribution < -0.4 is 14.5 Å². The van der Waals surface area contributed by atoms with Gasteiger partial charge in [-0.15, -0.1) is 0 Å². The number of nitriles is 1. The molecular formula is C27H29ClN6O4S. The fourth-order valence-corrected chi connectivity index (χ4v) is 5.74. The van der Waals surface area contributed by atoms with Crippen molar-refractivity contribution in [1.29, 1.82) is 5.26 Å². The molecule has 204 valence electrons. The minimum absolute atomic E-state index is 0.0708. The second kappa shape index (κ2) is 10.2. The van der Waals surface area contributed by atoms with Crippen LogP contribution in [-0.2, 0) is 9.53 Å². The number of hydrogen-bond acceptors (Lipinski definition) is 8. The van der Waals surface area contributed by atoms with Crippen LogP contribution in [0.15, 0.2) is 30.6 Å². The molecule has 0 aromatic carbocycles. The van der Waals surface area contributed by atoms with Crippen LogP contribution in [0.1, 0.15) is 58.6 Å². The number of amides is 2. The van der Waals surface area contributed by atoms with Crippen molar-refractivity contribution >= 4 is 52.3 Å². The Balaban J connectivity index is 1.27. The van der Waals surface area contributed by atoms with Crippen LogP contribution in [0.25, 0.3) is 0 Å². The molecular weight excluding hydrogens is 540 g/mol. The standard InChI is InChI=1S/C27H29ClN6O4S/c1-26(2,3)38-25(36)32-11-7-19(8-12-32)37-22-6-5-17(15-31-22)34-24(39)33(23(35)27(34)9-4-10-27)18-13-20(28)21(14-29)30-16-18/h5-6,13,15-16,19H,4,7-12H2,1-3H3. The van der Waals surface area contributed by atoms with E-state index in [1.165, 1.54) is 17.2 Å². The van der Waals surface area contributed by atoms with Gasteiger partial charge < -0.3 is 19.3 Å². The third-order valence-corrected chi connectivity index (χ3v) is 7.80. The van der Waals surface area contributed by atoms with E-state index < -0.39 is 11.1 Å². The molecule has 12 heteroatoms. The number of halogens is 1. The Hall–Kier alpha value is -3.49. The van der Waals surface area contributed by atoms with Gasteiger partial charge in [0.2, 0.25) is 5.88 Å². The van der Waals surface area contributed by atoms with E-state index in [2.05, 4.69) is 9.97 Å². The zero-order valence-corrected chi connectivity index (χ0v) is 23.6. The molecule has 2 aromatic rings. The lowest BCUT2D eigenvalue weighted by atomic mass is 9.75. The molecule has 2 saturated heterocycles. The van der Waals surface area contributed by atoms with E-state index in [9.17, 15) is 9.59 Å². The fourth-order valence-electron chi connectivity index (χ4n) is 5.07. The SMILES string of the molecule is CC(C)(C)OC(=O)N1CCC(Oc2ccc(N3C(=S)N(c4cnc(C#N)c(Cl)c4)C(=O)C34CCC4)cn2)CC1. The number of aromatic nitrogens is 2. The van der Waals surface area contributed by atoms with Crippen LogP contribution in [0.4, 0.5) is 16.2 Å². The van der Waals surface area contributed by atoms with Gasteiger partial charge in [0.1, 0.15) is 23.3 Å². The Bertz CT molecular complexity index is 1340. The van der Waals surface area contributed by atoms with Gasteiger partial charge in [0.15, 0.2) is 10.8 Å². The monoisotopic (exact) mass is 568 g/mol. The van der Waals surface area contributed by atoms with Crippen molar-refractivity contribution < 1.29 is 19.1 Å². The first-order chi connectivity index (χ1) is 18.5. The van der Waals surface area contributed by atoms with Crippen molar-refractivity contribution in [2.24, 2.45) is 0 Å². The van der Waals surface area contributed by atoms with Gasteiger partial charge >= 0.3 is 6.09 Å². The molecule has 1 saturated carbocycles. The Morgan fingerprint density at radius 1 is 1.18 bits per heavy atom. The Labute approximate surface area is 237 Å². The van der Waals surface area contributed by atoms with Crippen LogP contribution in [0, 0.1) is 11.3 Å². The number of thiocarbonyl (C=S) groups is 1. The average Bonchev–Trinajstić information content (AvgIpc) is 3.10. The first-order valence-corrected chi connectivity index (χ1v) is 13.7. The van der Waals surface area contributed by atoms with Crippen molar-refractivity contribution in [3.63, 3.8) is 0 Å². The van der Waals surface area contributed by atoms with Gasteiger partial charge in [-0.05, 0) is 64.4 Å². The van der Waals surface area contributed by atoms with Crippen LogP contribution in [0.3, 0.4) is 0 Å². The Morgan fingerprint density at radius 3 is 2.41 bits per heavy atom. The summed E-state index contributed by atoms with van der Waals surface area (Å²) >= 11 is 12.0. The topological polar surface area (TPSA) is 112 Å². The predicted molar refractivity (Wildman–Crippen MR) is 149 cm³/mol. The predicted octanol–water partition coefficient (Wildman–Crippen LogP) is 4.84. The number of likely N-dealkylation sites (tertiary alicyclic amines) is 1. The molecule has 5 rings (SSSR count). The van der Waals surface area contributed by atoms with Crippen molar-refractivity contribution in [2.45, 2.75) is 70.1 Å². The van der Waals surface area contributed by atoms with Crippen molar-refractivity contribution in [2.75, 3.05) is 22.9 Å². The number of rotatable bonds is 4. The van der Waals surface area contributed by atoms with Crippen molar-refractivity contribution in [3.05, 3.63) is 41.3 Å². The van der Waals surface area contributed by atoms with Gasteiger partial charge in [-0.25, -0.2) is 14.8 Å². The normalized spacial score (nSPS) is 19.2. The highest BCUT2D eigenvalue weighted by Gasteiger charge is 2.59. The Kier molecular flexibility index (Phi) is 7.11. The highest BCUT2D eigenvalue weighted by molar-refractivity contribution is 7.81. The molecule has 1 aliphatic carbocycles. The lowest BCUT2D eigenvalue weighted by Crippen LogP contribution is -2.55. The van der Waals surface area contributed by atoms with E-state index in [1.807, 2.05) is 37.8 Å². The number of carbonyl (C=O) groups is 2. The van der Waals surface area contributed by atoms with Gasteiger partial charge in [-0.3, -0.25) is 9.69 Å². The number of anilines is 2. The van der Waals surface area contributed by atoms with Crippen molar-refractivity contribution in [3.8, 4) is 11.9 Å². The molecule has 0 bridgehead atoms.